The Labute approximate surface area is 180 Å². The van der Waals surface area contributed by atoms with Crippen LogP contribution >= 0.6 is 0 Å². The lowest BCUT2D eigenvalue weighted by molar-refractivity contribution is 0.150. The Kier molecular flexibility index (Phi) is 7.97. The average molecular weight is 418 g/mol. The van der Waals surface area contributed by atoms with Gasteiger partial charge in [0.1, 0.15) is 11.6 Å². The minimum absolute atomic E-state index is 0.513. The topological polar surface area (TPSA) is 79.6 Å². The molecule has 8 nitrogen and oxygen atoms in total. The lowest BCUT2D eigenvalue weighted by Gasteiger charge is -2.34. The summed E-state index contributed by atoms with van der Waals surface area (Å²) >= 11 is 0. The second-order valence-electron chi connectivity index (χ2n) is 9.05. The number of aryl methyl sites for hydroxylation is 2. The van der Waals surface area contributed by atoms with Gasteiger partial charge in [0.15, 0.2) is 5.96 Å². The van der Waals surface area contributed by atoms with Crippen molar-refractivity contribution in [3.63, 3.8) is 0 Å². The zero-order chi connectivity index (χ0) is 20.6. The van der Waals surface area contributed by atoms with E-state index in [-0.39, 0.29) is 0 Å². The third-order valence-corrected chi connectivity index (χ3v) is 6.75. The van der Waals surface area contributed by atoms with E-state index in [1.165, 1.54) is 64.0 Å². The Morgan fingerprint density at radius 1 is 1.13 bits per heavy atom. The van der Waals surface area contributed by atoms with Crippen molar-refractivity contribution in [2.45, 2.75) is 70.4 Å². The number of likely N-dealkylation sites (tertiary alicyclic amines) is 1. The summed E-state index contributed by atoms with van der Waals surface area (Å²) in [5.41, 5.74) is 0. The maximum absolute atomic E-state index is 5.52. The number of rotatable bonds is 7. The van der Waals surface area contributed by atoms with Gasteiger partial charge in [0.05, 0.1) is 6.61 Å². The predicted octanol–water partition coefficient (Wildman–Crippen LogP) is 1.60. The fourth-order valence-corrected chi connectivity index (χ4v) is 4.92. The van der Waals surface area contributed by atoms with Crippen LogP contribution in [-0.4, -0.2) is 78.1 Å². The van der Waals surface area contributed by atoms with E-state index >= 15 is 0 Å². The lowest BCUT2D eigenvalue weighted by atomic mass is 10.0. The number of hydrogen-bond acceptors (Lipinski definition) is 5. The Morgan fingerprint density at radius 3 is 2.83 bits per heavy atom. The second kappa shape index (κ2) is 11.1. The van der Waals surface area contributed by atoms with Crippen molar-refractivity contribution in [1.29, 1.82) is 0 Å². The van der Waals surface area contributed by atoms with Gasteiger partial charge >= 0.3 is 0 Å². The molecule has 1 unspecified atom stereocenters. The van der Waals surface area contributed by atoms with Crippen LogP contribution in [-0.2, 0) is 24.1 Å². The lowest BCUT2D eigenvalue weighted by Crippen LogP contribution is -2.49. The summed E-state index contributed by atoms with van der Waals surface area (Å²) in [5, 5.41) is 16.0. The van der Waals surface area contributed by atoms with Gasteiger partial charge in [0, 0.05) is 65.3 Å². The number of nitrogens with one attached hydrogen (secondary N) is 2. The fourth-order valence-electron chi connectivity index (χ4n) is 4.92. The quantitative estimate of drug-likeness (QED) is 0.399. The molecule has 30 heavy (non-hydrogen) atoms. The van der Waals surface area contributed by atoms with E-state index in [0.717, 1.165) is 63.3 Å². The van der Waals surface area contributed by atoms with Crippen LogP contribution in [0, 0.1) is 5.92 Å². The molecule has 0 bridgehead atoms. The maximum atomic E-state index is 5.52. The largest absolute Gasteiger partial charge is 0.381 e. The van der Waals surface area contributed by atoms with Crippen LogP contribution in [0.3, 0.4) is 0 Å². The standard InChI is InChI=1S/C22H39N7O/c1-23-22(25-19-8-13-28(14-9-19)16-18-10-15-30-17-18)24-11-5-7-21-27-26-20-6-3-2-4-12-29(20)21/h18-19H,2-17H2,1H3,(H2,23,24,25). The first kappa shape index (κ1) is 21.6. The summed E-state index contributed by atoms with van der Waals surface area (Å²) in [7, 11) is 1.86. The van der Waals surface area contributed by atoms with Crippen molar-refractivity contribution >= 4 is 5.96 Å². The highest BCUT2D eigenvalue weighted by Crippen LogP contribution is 2.18. The summed E-state index contributed by atoms with van der Waals surface area (Å²) in [6.07, 6.45) is 10.5. The molecule has 4 rings (SSSR count). The molecule has 0 aliphatic carbocycles. The van der Waals surface area contributed by atoms with Gasteiger partial charge in [-0.3, -0.25) is 4.99 Å². The van der Waals surface area contributed by atoms with E-state index in [1.54, 1.807) is 0 Å². The molecule has 3 aliphatic rings. The van der Waals surface area contributed by atoms with E-state index in [1.807, 2.05) is 7.05 Å². The summed E-state index contributed by atoms with van der Waals surface area (Å²) in [6.45, 7) is 7.43. The monoisotopic (exact) mass is 417 g/mol. The number of nitrogens with zero attached hydrogens (tertiary/aromatic N) is 5. The van der Waals surface area contributed by atoms with E-state index < -0.39 is 0 Å². The molecule has 168 valence electrons. The second-order valence-corrected chi connectivity index (χ2v) is 9.05. The number of ether oxygens (including phenoxy) is 1. The Hall–Kier alpha value is -1.67. The number of hydrogen-bond donors (Lipinski definition) is 2. The van der Waals surface area contributed by atoms with Crippen LogP contribution in [0.4, 0.5) is 0 Å². The first-order valence-electron chi connectivity index (χ1n) is 12.0. The van der Waals surface area contributed by atoms with Gasteiger partial charge in [-0.1, -0.05) is 6.42 Å². The average Bonchev–Trinajstić information content (AvgIpc) is 3.35. The third-order valence-electron chi connectivity index (χ3n) is 6.75. The molecule has 1 atom stereocenters. The Morgan fingerprint density at radius 2 is 2.03 bits per heavy atom. The van der Waals surface area contributed by atoms with E-state index in [9.17, 15) is 0 Å². The van der Waals surface area contributed by atoms with Gasteiger partial charge in [-0.25, -0.2) is 0 Å². The molecule has 2 N–H and O–H groups in total. The fraction of sp³-hybridized carbons (Fsp3) is 0.864. The molecule has 8 heteroatoms. The van der Waals surface area contributed by atoms with Crippen molar-refractivity contribution < 1.29 is 4.74 Å². The molecule has 1 aromatic rings. The van der Waals surface area contributed by atoms with Crippen molar-refractivity contribution in [2.24, 2.45) is 10.9 Å². The molecule has 1 aromatic heterocycles. The molecule has 3 aliphatic heterocycles. The number of aliphatic imine (C=N–C) groups is 1. The highest BCUT2D eigenvalue weighted by atomic mass is 16.5. The normalized spacial score (nSPS) is 23.9. The van der Waals surface area contributed by atoms with Crippen LogP contribution < -0.4 is 10.6 Å². The molecule has 0 amide bonds. The first-order chi connectivity index (χ1) is 14.8. The van der Waals surface area contributed by atoms with Gasteiger partial charge in [-0.2, -0.15) is 0 Å². The van der Waals surface area contributed by atoms with Crippen LogP contribution in [0.1, 0.15) is 56.6 Å². The predicted molar refractivity (Wildman–Crippen MR) is 119 cm³/mol. The third kappa shape index (κ3) is 5.94. The van der Waals surface area contributed by atoms with Gasteiger partial charge in [0.2, 0.25) is 0 Å². The Bertz CT molecular complexity index is 675. The molecule has 0 saturated carbocycles. The SMILES string of the molecule is CN=C(NCCCc1nnc2n1CCCCC2)NC1CCN(CC2CCOC2)CC1. The summed E-state index contributed by atoms with van der Waals surface area (Å²) in [5.74, 6) is 4.00. The van der Waals surface area contributed by atoms with Crippen LogP contribution in [0.25, 0.3) is 0 Å². The summed E-state index contributed by atoms with van der Waals surface area (Å²) < 4.78 is 7.87. The maximum Gasteiger partial charge on any atom is 0.191 e. The highest BCUT2D eigenvalue weighted by molar-refractivity contribution is 5.79. The Balaban J connectivity index is 1.13. The minimum Gasteiger partial charge on any atom is -0.381 e. The smallest absolute Gasteiger partial charge is 0.191 e. The summed E-state index contributed by atoms with van der Waals surface area (Å²) in [6, 6.07) is 0.513. The van der Waals surface area contributed by atoms with Gasteiger partial charge in [0.25, 0.3) is 0 Å². The van der Waals surface area contributed by atoms with Gasteiger partial charge in [-0.15, -0.1) is 10.2 Å². The summed E-state index contributed by atoms with van der Waals surface area (Å²) in [4.78, 5) is 7.04. The highest BCUT2D eigenvalue weighted by Gasteiger charge is 2.24. The van der Waals surface area contributed by atoms with Crippen LogP contribution in [0.15, 0.2) is 4.99 Å². The number of aromatic nitrogens is 3. The van der Waals surface area contributed by atoms with Crippen molar-refractivity contribution in [2.75, 3.05) is 46.4 Å². The molecule has 4 heterocycles. The van der Waals surface area contributed by atoms with E-state index in [4.69, 9.17) is 4.74 Å². The van der Waals surface area contributed by atoms with Crippen molar-refractivity contribution in [3.8, 4) is 0 Å². The zero-order valence-electron chi connectivity index (χ0n) is 18.6. The molecule has 2 fully saturated rings. The molecule has 0 aromatic carbocycles. The van der Waals surface area contributed by atoms with E-state index in [0.29, 0.717) is 6.04 Å². The number of guanidine groups is 1. The van der Waals surface area contributed by atoms with Crippen LogP contribution in [0.2, 0.25) is 0 Å². The number of piperidine rings is 1. The molecule has 2 saturated heterocycles. The van der Waals surface area contributed by atoms with Crippen molar-refractivity contribution in [3.05, 3.63) is 11.6 Å². The molecular weight excluding hydrogens is 378 g/mol. The molecule has 0 radical (unpaired) electrons. The van der Waals surface area contributed by atoms with Gasteiger partial charge in [-0.05, 0) is 44.4 Å². The van der Waals surface area contributed by atoms with E-state index in [2.05, 4.69) is 35.3 Å². The molecule has 0 spiro atoms. The van der Waals surface area contributed by atoms with Crippen LogP contribution in [0.5, 0.6) is 0 Å². The first-order valence-corrected chi connectivity index (χ1v) is 12.0. The van der Waals surface area contributed by atoms with Gasteiger partial charge < -0.3 is 24.8 Å². The zero-order valence-corrected chi connectivity index (χ0v) is 18.6. The molecular formula is C22H39N7O. The minimum atomic E-state index is 0.513. The van der Waals surface area contributed by atoms with Crippen molar-refractivity contribution in [1.82, 2.24) is 30.3 Å². The number of fused-ring (bicyclic) bond motifs is 1.